The van der Waals surface area contributed by atoms with E-state index in [2.05, 4.69) is 82.0 Å². The lowest BCUT2D eigenvalue weighted by atomic mass is 10.0. The van der Waals surface area contributed by atoms with E-state index in [1.54, 1.807) is 0 Å². The zero-order valence-corrected chi connectivity index (χ0v) is 17.1. The molecule has 0 saturated carbocycles. The molecule has 0 atom stereocenters. The zero-order valence-electron chi connectivity index (χ0n) is 16.1. The minimum Gasteiger partial charge on any atom is -0.455 e. The Morgan fingerprint density at radius 1 is 0.923 bits per heavy atom. The van der Waals surface area contributed by atoms with E-state index in [0.717, 1.165) is 22.4 Å². The van der Waals surface area contributed by atoms with Gasteiger partial charge in [-0.3, -0.25) is 4.98 Å². The summed E-state index contributed by atoms with van der Waals surface area (Å²) in [7, 11) is -1.47. The summed E-state index contributed by atoms with van der Waals surface area (Å²) < 4.78 is 6.33. The first kappa shape index (κ1) is 17.0. The Morgan fingerprint density at radius 3 is 2.35 bits per heavy atom. The van der Waals surface area contributed by atoms with Crippen molar-refractivity contribution in [1.82, 2.24) is 4.98 Å². The molecule has 2 nitrogen and oxygen atoms in total. The number of rotatable bonds is 3. The second-order valence-electron chi connectivity index (χ2n) is 8.34. The Balaban J connectivity index is 1.98. The second kappa shape index (κ2) is 6.10. The number of pyridine rings is 1. The molecule has 0 spiro atoms. The third kappa shape index (κ3) is 2.76. The van der Waals surface area contributed by atoms with Crippen LogP contribution in [0.4, 0.5) is 0 Å². The lowest BCUT2D eigenvalue weighted by Crippen LogP contribution is -2.37. The molecule has 0 N–H and O–H groups in total. The van der Waals surface area contributed by atoms with Gasteiger partial charge in [-0.2, -0.15) is 0 Å². The van der Waals surface area contributed by atoms with Crippen LogP contribution < -0.4 is 5.19 Å². The summed E-state index contributed by atoms with van der Waals surface area (Å²) in [4.78, 5) is 4.71. The van der Waals surface area contributed by atoms with Crippen LogP contribution in [0.5, 0.6) is 0 Å². The number of fused-ring (bicyclic) bond motifs is 3. The molecule has 132 valence electrons. The molecule has 0 aliphatic rings. The van der Waals surface area contributed by atoms with Crippen molar-refractivity contribution >= 4 is 35.2 Å². The number of hydrogen-bond acceptors (Lipinski definition) is 2. The fraction of sp³-hybridized carbons (Fsp3) is 0.261. The molecular weight excluding hydrogens is 334 g/mol. The van der Waals surface area contributed by atoms with Gasteiger partial charge in [0.2, 0.25) is 0 Å². The molecule has 3 heteroatoms. The smallest absolute Gasteiger partial charge is 0.144 e. The number of para-hydroxylation sites is 1. The summed E-state index contributed by atoms with van der Waals surface area (Å²) in [6.07, 6.45) is 1.98. The van der Waals surface area contributed by atoms with Gasteiger partial charge < -0.3 is 4.42 Å². The van der Waals surface area contributed by atoms with E-state index in [0.29, 0.717) is 5.92 Å². The van der Waals surface area contributed by atoms with Gasteiger partial charge in [0, 0.05) is 22.5 Å². The standard InChI is InChI=1S/C23H25NOSi/c1-15(2)16-12-13-19(24-14-16)17-8-6-9-18-22-20(25-23(17)18)10-7-11-21(22)26(3,4)5/h6-15H,1-5H3. The molecule has 4 rings (SSSR count). The van der Waals surface area contributed by atoms with E-state index in [4.69, 9.17) is 9.40 Å². The van der Waals surface area contributed by atoms with Crippen molar-refractivity contribution in [1.29, 1.82) is 0 Å². The minimum atomic E-state index is -1.47. The minimum absolute atomic E-state index is 0.484. The predicted octanol–water partition coefficient (Wildman–Crippen LogP) is 6.32. The van der Waals surface area contributed by atoms with Crippen LogP contribution in [0, 0.1) is 0 Å². The Hall–Kier alpha value is -2.39. The fourth-order valence-corrected chi connectivity index (χ4v) is 5.18. The maximum absolute atomic E-state index is 6.33. The monoisotopic (exact) mass is 359 g/mol. The highest BCUT2D eigenvalue weighted by Crippen LogP contribution is 2.35. The van der Waals surface area contributed by atoms with Crippen LogP contribution in [0.25, 0.3) is 33.2 Å². The molecule has 26 heavy (non-hydrogen) atoms. The maximum Gasteiger partial charge on any atom is 0.144 e. The number of benzene rings is 2. The topological polar surface area (TPSA) is 26.0 Å². The van der Waals surface area contributed by atoms with E-state index < -0.39 is 8.07 Å². The van der Waals surface area contributed by atoms with Crippen molar-refractivity contribution in [3.05, 3.63) is 60.3 Å². The molecule has 0 fully saturated rings. The maximum atomic E-state index is 6.33. The molecule has 0 aliphatic carbocycles. The highest BCUT2D eigenvalue weighted by molar-refractivity contribution is 6.90. The van der Waals surface area contributed by atoms with Gasteiger partial charge in [0.15, 0.2) is 0 Å². The SMILES string of the molecule is CC(C)c1ccc(-c2cccc3c2oc2cccc([Si](C)(C)C)c23)nc1. The normalized spacial score (nSPS) is 12.4. The van der Waals surface area contributed by atoms with Crippen molar-refractivity contribution in [3.63, 3.8) is 0 Å². The molecule has 0 unspecified atom stereocenters. The molecule has 2 heterocycles. The van der Waals surface area contributed by atoms with Gasteiger partial charge in [0.1, 0.15) is 11.2 Å². The first-order valence-corrected chi connectivity index (χ1v) is 12.8. The Bertz CT molecular complexity index is 1090. The molecule has 0 bridgehead atoms. The summed E-state index contributed by atoms with van der Waals surface area (Å²) >= 11 is 0. The number of aromatic nitrogens is 1. The lowest BCUT2D eigenvalue weighted by molar-refractivity contribution is 0.670. The molecule has 0 aliphatic heterocycles. The molecule has 0 amide bonds. The van der Waals surface area contributed by atoms with Crippen molar-refractivity contribution in [2.24, 2.45) is 0 Å². The van der Waals surface area contributed by atoms with Crippen LogP contribution in [-0.4, -0.2) is 13.1 Å². The number of hydrogen-bond donors (Lipinski definition) is 0. The van der Waals surface area contributed by atoms with E-state index >= 15 is 0 Å². The van der Waals surface area contributed by atoms with Crippen LogP contribution in [-0.2, 0) is 0 Å². The van der Waals surface area contributed by atoms with E-state index in [-0.39, 0.29) is 0 Å². The van der Waals surface area contributed by atoms with Crippen LogP contribution >= 0.6 is 0 Å². The van der Waals surface area contributed by atoms with Crippen LogP contribution in [0.3, 0.4) is 0 Å². The van der Waals surface area contributed by atoms with Gasteiger partial charge in [-0.25, -0.2) is 0 Å². The van der Waals surface area contributed by atoms with Gasteiger partial charge in [0.05, 0.1) is 13.8 Å². The van der Waals surface area contributed by atoms with Gasteiger partial charge in [-0.15, -0.1) is 0 Å². The summed E-state index contributed by atoms with van der Waals surface area (Å²) in [5, 5.41) is 3.93. The van der Waals surface area contributed by atoms with Gasteiger partial charge in [0.25, 0.3) is 0 Å². The molecule has 2 aromatic carbocycles. The molecule has 2 aromatic heterocycles. The first-order chi connectivity index (χ1) is 12.4. The zero-order chi connectivity index (χ0) is 18.5. The average molecular weight is 360 g/mol. The summed E-state index contributed by atoms with van der Waals surface area (Å²) in [6.45, 7) is 11.5. The van der Waals surface area contributed by atoms with Crippen molar-refractivity contribution in [3.8, 4) is 11.3 Å². The third-order valence-electron chi connectivity index (χ3n) is 5.06. The largest absolute Gasteiger partial charge is 0.455 e. The lowest BCUT2D eigenvalue weighted by Gasteiger charge is -2.17. The van der Waals surface area contributed by atoms with Crippen molar-refractivity contribution < 1.29 is 4.42 Å². The average Bonchev–Trinajstić information content (AvgIpc) is 2.99. The van der Waals surface area contributed by atoms with Gasteiger partial charge >= 0.3 is 0 Å². The number of furan rings is 1. The van der Waals surface area contributed by atoms with Crippen molar-refractivity contribution in [2.75, 3.05) is 0 Å². The van der Waals surface area contributed by atoms with E-state index in [1.807, 2.05) is 6.20 Å². The molecular formula is C23H25NOSi. The van der Waals surface area contributed by atoms with Crippen molar-refractivity contribution in [2.45, 2.75) is 39.4 Å². The molecule has 0 saturated heterocycles. The van der Waals surface area contributed by atoms with Gasteiger partial charge in [-0.1, -0.05) is 63.8 Å². The van der Waals surface area contributed by atoms with E-state index in [9.17, 15) is 0 Å². The van der Waals surface area contributed by atoms with Gasteiger partial charge in [-0.05, 0) is 34.9 Å². The highest BCUT2D eigenvalue weighted by Gasteiger charge is 2.23. The first-order valence-electron chi connectivity index (χ1n) is 9.27. The predicted molar refractivity (Wildman–Crippen MR) is 114 cm³/mol. The highest BCUT2D eigenvalue weighted by atomic mass is 28.3. The summed E-state index contributed by atoms with van der Waals surface area (Å²) in [5.41, 5.74) is 5.21. The van der Waals surface area contributed by atoms with Crippen LogP contribution in [0.1, 0.15) is 25.3 Å². The van der Waals surface area contributed by atoms with E-state index in [1.165, 1.54) is 21.5 Å². The second-order valence-corrected chi connectivity index (χ2v) is 13.4. The molecule has 4 aromatic rings. The number of nitrogens with zero attached hydrogens (tertiary/aromatic N) is 1. The van der Waals surface area contributed by atoms with Crippen LogP contribution in [0.2, 0.25) is 19.6 Å². The third-order valence-corrected chi connectivity index (χ3v) is 7.09. The Kier molecular flexibility index (Phi) is 4.00. The van der Waals surface area contributed by atoms with Crippen LogP contribution in [0.15, 0.2) is 59.1 Å². The molecule has 0 radical (unpaired) electrons. The Labute approximate surface area is 155 Å². The Morgan fingerprint density at radius 2 is 1.69 bits per heavy atom. The summed E-state index contributed by atoms with van der Waals surface area (Å²) in [5.74, 6) is 0.484. The fourth-order valence-electron chi connectivity index (χ4n) is 3.58. The quantitative estimate of drug-likeness (QED) is 0.400. The summed E-state index contributed by atoms with van der Waals surface area (Å²) in [6, 6.07) is 17.1.